The summed E-state index contributed by atoms with van der Waals surface area (Å²) in [4.78, 5) is 30.2. The molecule has 2 aliphatic rings. The number of aliphatic hydroxyl groups excluding tert-OH is 1. The molecule has 0 spiro atoms. The van der Waals surface area contributed by atoms with Gasteiger partial charge in [-0.1, -0.05) is 12.0 Å². The lowest BCUT2D eigenvalue weighted by molar-refractivity contribution is -0.130. The number of aliphatic hydroxyl groups is 1. The van der Waals surface area contributed by atoms with Crippen molar-refractivity contribution in [1.29, 1.82) is 0 Å². The van der Waals surface area contributed by atoms with Crippen molar-refractivity contribution in [1.82, 2.24) is 24.8 Å². The molecule has 40 heavy (non-hydrogen) atoms. The first-order valence-corrected chi connectivity index (χ1v) is 13.7. The number of imidazole rings is 1. The molecule has 1 aliphatic heterocycles. The van der Waals surface area contributed by atoms with Crippen LogP contribution in [0.1, 0.15) is 61.3 Å². The minimum absolute atomic E-state index is 0.0209. The van der Waals surface area contributed by atoms with E-state index in [2.05, 4.69) is 27.8 Å². The van der Waals surface area contributed by atoms with Gasteiger partial charge in [0.15, 0.2) is 0 Å². The molecule has 1 saturated heterocycles. The van der Waals surface area contributed by atoms with E-state index in [9.17, 15) is 9.90 Å². The standard InChI is InChI=1S/C31H39N5O4/c1-6-26-27(19-21(2)31(38)36(15-8-18-39-4)23-12-16-35(3)17-13-23)34-29(33-26)25-20-22(10-11-28(25)37)24-9-7-14-32-30(24)40-5/h1,7,9-11,14,19,23,25,37H,8,12-13,15-18,20H2,2-5H3,(H,33,34)/b21-19+. The van der Waals surface area contributed by atoms with Gasteiger partial charge in [0.2, 0.25) is 11.8 Å². The smallest absolute Gasteiger partial charge is 0.249 e. The Morgan fingerprint density at radius 1 is 1.32 bits per heavy atom. The Kier molecular flexibility index (Phi) is 9.80. The summed E-state index contributed by atoms with van der Waals surface area (Å²) < 4.78 is 10.7. The zero-order valence-corrected chi connectivity index (χ0v) is 23.8. The van der Waals surface area contributed by atoms with Crippen molar-refractivity contribution in [3.8, 4) is 18.2 Å². The van der Waals surface area contributed by atoms with Crippen molar-refractivity contribution in [3.63, 3.8) is 0 Å². The third-order valence-corrected chi connectivity index (χ3v) is 7.60. The number of nitrogens with one attached hydrogen (secondary N) is 1. The highest BCUT2D eigenvalue weighted by Crippen LogP contribution is 2.38. The number of carbonyl (C=O) groups is 1. The number of carbonyl (C=O) groups excluding carboxylic acids is 1. The van der Waals surface area contributed by atoms with Crippen LogP contribution >= 0.6 is 0 Å². The number of hydrogen-bond donors (Lipinski definition) is 2. The molecule has 0 radical (unpaired) electrons. The number of terminal acetylenes is 1. The summed E-state index contributed by atoms with van der Waals surface area (Å²) in [6, 6.07) is 3.97. The summed E-state index contributed by atoms with van der Waals surface area (Å²) >= 11 is 0. The quantitative estimate of drug-likeness (QED) is 0.262. The zero-order chi connectivity index (χ0) is 28.6. The lowest BCUT2D eigenvalue weighted by atomic mass is 9.88. The number of piperidine rings is 1. The van der Waals surface area contributed by atoms with Crippen LogP contribution in [0.2, 0.25) is 0 Å². The van der Waals surface area contributed by atoms with Crippen LogP contribution in [-0.2, 0) is 9.53 Å². The van der Waals surface area contributed by atoms with Crippen molar-refractivity contribution in [2.45, 2.75) is 44.6 Å². The molecule has 0 saturated carbocycles. The maximum Gasteiger partial charge on any atom is 0.249 e. The SMILES string of the molecule is C#Cc1[nH]c(C2CC(c3cccnc3OC)=CC=C2O)nc1/C=C(\C)C(=O)N(CCCOC)C1CCN(C)CC1. The largest absolute Gasteiger partial charge is 0.512 e. The van der Waals surface area contributed by atoms with Gasteiger partial charge in [-0.2, -0.15) is 0 Å². The van der Waals surface area contributed by atoms with Gasteiger partial charge in [0.05, 0.1) is 18.7 Å². The number of H-pyrrole nitrogens is 1. The van der Waals surface area contributed by atoms with E-state index in [-0.39, 0.29) is 17.7 Å². The first-order chi connectivity index (χ1) is 19.4. The molecular weight excluding hydrogens is 506 g/mol. The van der Waals surface area contributed by atoms with Gasteiger partial charge >= 0.3 is 0 Å². The highest BCUT2D eigenvalue weighted by atomic mass is 16.5. The number of nitrogens with zero attached hydrogens (tertiary/aromatic N) is 4. The lowest BCUT2D eigenvalue weighted by Gasteiger charge is -2.37. The number of rotatable bonds is 10. The first-order valence-electron chi connectivity index (χ1n) is 13.7. The van der Waals surface area contributed by atoms with Crippen LogP contribution in [0.15, 0.2) is 41.8 Å². The second kappa shape index (κ2) is 13.5. The second-order valence-corrected chi connectivity index (χ2v) is 10.3. The molecule has 1 fully saturated rings. The van der Waals surface area contributed by atoms with E-state index in [0.29, 0.717) is 48.2 Å². The number of methoxy groups -OCH3 is 2. The van der Waals surface area contributed by atoms with E-state index in [1.54, 1.807) is 32.6 Å². The van der Waals surface area contributed by atoms with Crippen LogP contribution in [0.4, 0.5) is 0 Å². The maximum absolute atomic E-state index is 13.7. The number of ether oxygens (including phenoxy) is 2. The monoisotopic (exact) mass is 545 g/mol. The van der Waals surface area contributed by atoms with Crippen molar-refractivity contribution in [2.75, 3.05) is 47.5 Å². The molecule has 0 bridgehead atoms. The zero-order valence-electron chi connectivity index (χ0n) is 23.8. The highest BCUT2D eigenvalue weighted by Gasteiger charge is 2.29. The number of hydrogen-bond acceptors (Lipinski definition) is 7. The summed E-state index contributed by atoms with van der Waals surface area (Å²) in [6.45, 7) is 4.97. The Hall–Kier alpha value is -3.87. The van der Waals surface area contributed by atoms with Gasteiger partial charge in [-0.3, -0.25) is 4.79 Å². The fraction of sp³-hybridized carbons (Fsp3) is 0.452. The molecule has 2 aromatic heterocycles. The van der Waals surface area contributed by atoms with Gasteiger partial charge < -0.3 is 29.4 Å². The summed E-state index contributed by atoms with van der Waals surface area (Å²) in [5, 5.41) is 10.8. The Bertz CT molecular complexity index is 1330. The fourth-order valence-electron chi connectivity index (χ4n) is 5.34. The number of likely N-dealkylation sites (tertiary alicyclic amines) is 1. The summed E-state index contributed by atoms with van der Waals surface area (Å²) in [5.41, 5.74) is 3.35. The Balaban J connectivity index is 1.57. The number of pyridine rings is 1. The third-order valence-electron chi connectivity index (χ3n) is 7.60. The molecule has 1 amide bonds. The average Bonchev–Trinajstić information content (AvgIpc) is 3.38. The predicted molar refractivity (Wildman–Crippen MR) is 156 cm³/mol. The van der Waals surface area contributed by atoms with Gasteiger partial charge in [-0.15, -0.1) is 6.42 Å². The van der Waals surface area contributed by atoms with E-state index < -0.39 is 5.92 Å². The normalized spacial score (nSPS) is 18.6. The van der Waals surface area contributed by atoms with Gasteiger partial charge in [-0.25, -0.2) is 9.97 Å². The second-order valence-electron chi connectivity index (χ2n) is 10.3. The predicted octanol–water partition coefficient (Wildman–Crippen LogP) is 4.17. The minimum Gasteiger partial charge on any atom is -0.512 e. The molecule has 4 rings (SSSR count). The maximum atomic E-state index is 13.7. The van der Waals surface area contributed by atoms with E-state index >= 15 is 0 Å². The summed E-state index contributed by atoms with van der Waals surface area (Å²) in [6.07, 6.45) is 15.9. The molecule has 9 nitrogen and oxygen atoms in total. The molecule has 1 atom stereocenters. The molecule has 2 aromatic rings. The molecule has 1 aliphatic carbocycles. The van der Waals surface area contributed by atoms with Crippen LogP contribution in [0.3, 0.4) is 0 Å². The van der Waals surface area contributed by atoms with Crippen LogP contribution < -0.4 is 4.74 Å². The molecule has 3 heterocycles. The Morgan fingerprint density at radius 3 is 2.80 bits per heavy atom. The number of amides is 1. The highest BCUT2D eigenvalue weighted by molar-refractivity contribution is 5.97. The molecule has 2 N–H and O–H groups in total. The van der Waals surface area contributed by atoms with Crippen molar-refractivity contribution in [3.05, 3.63) is 64.6 Å². The number of aromatic nitrogens is 3. The molecule has 1 unspecified atom stereocenters. The van der Waals surface area contributed by atoms with Crippen LogP contribution in [0.5, 0.6) is 5.88 Å². The number of allylic oxidation sites excluding steroid dienone is 4. The first kappa shape index (κ1) is 29.1. The molecule has 0 aromatic carbocycles. The van der Waals surface area contributed by atoms with Crippen molar-refractivity contribution < 1.29 is 19.4 Å². The van der Waals surface area contributed by atoms with Crippen LogP contribution in [0, 0.1) is 12.3 Å². The summed E-state index contributed by atoms with van der Waals surface area (Å²) in [5.74, 6) is 3.44. The van der Waals surface area contributed by atoms with Gasteiger partial charge in [-0.05, 0) is 82.6 Å². The third kappa shape index (κ3) is 6.64. The van der Waals surface area contributed by atoms with Gasteiger partial charge in [0, 0.05) is 43.6 Å². The van der Waals surface area contributed by atoms with Crippen molar-refractivity contribution in [2.24, 2.45) is 0 Å². The van der Waals surface area contributed by atoms with Gasteiger partial charge in [0.1, 0.15) is 17.3 Å². The fourth-order valence-corrected chi connectivity index (χ4v) is 5.34. The van der Waals surface area contributed by atoms with E-state index in [4.69, 9.17) is 20.9 Å². The van der Waals surface area contributed by atoms with Crippen LogP contribution in [-0.4, -0.2) is 89.3 Å². The summed E-state index contributed by atoms with van der Waals surface area (Å²) in [7, 11) is 5.37. The lowest BCUT2D eigenvalue weighted by Crippen LogP contribution is -2.47. The van der Waals surface area contributed by atoms with Crippen LogP contribution in [0.25, 0.3) is 11.6 Å². The topological polar surface area (TPSA) is 104 Å². The minimum atomic E-state index is -0.431. The van der Waals surface area contributed by atoms with E-state index in [1.165, 1.54) is 0 Å². The Labute approximate surface area is 236 Å². The van der Waals surface area contributed by atoms with E-state index in [0.717, 1.165) is 43.5 Å². The number of aromatic amines is 1. The average molecular weight is 546 g/mol. The molecule has 9 heteroatoms. The van der Waals surface area contributed by atoms with Crippen molar-refractivity contribution >= 4 is 17.6 Å². The van der Waals surface area contributed by atoms with E-state index in [1.807, 2.05) is 30.0 Å². The molecular formula is C31H39N5O4. The Morgan fingerprint density at radius 2 is 2.10 bits per heavy atom. The molecule has 212 valence electrons. The van der Waals surface area contributed by atoms with Gasteiger partial charge in [0.25, 0.3) is 0 Å².